The van der Waals surface area contributed by atoms with E-state index in [-0.39, 0.29) is 0 Å². The van der Waals surface area contributed by atoms with Gasteiger partial charge in [-0.05, 0) is 31.5 Å². The van der Waals surface area contributed by atoms with Crippen molar-refractivity contribution >= 4 is 0 Å². The summed E-state index contributed by atoms with van der Waals surface area (Å²) in [5.74, 6) is 6.30. The van der Waals surface area contributed by atoms with E-state index < -0.39 is 0 Å². The molecule has 1 unspecified atom stereocenters. The minimum absolute atomic E-state index is 0.325. The van der Waals surface area contributed by atoms with Gasteiger partial charge in [-0.1, -0.05) is 59.9 Å². The number of hydrogen-bond donors (Lipinski definition) is 1. The average Bonchev–Trinajstić information content (AvgIpc) is 2.45. The van der Waals surface area contributed by atoms with Crippen molar-refractivity contribution in [1.82, 2.24) is 5.32 Å². The molecular formula is C18H19N. The maximum atomic E-state index is 3.41. The molecule has 2 aromatic rings. The fourth-order valence-electron chi connectivity index (χ4n) is 1.84. The topological polar surface area (TPSA) is 12.0 Å². The Balaban J connectivity index is 1.86. The van der Waals surface area contributed by atoms with E-state index in [1.54, 1.807) is 0 Å². The van der Waals surface area contributed by atoms with Crippen LogP contribution in [0.5, 0.6) is 0 Å². The summed E-state index contributed by atoms with van der Waals surface area (Å²) in [6.07, 6.45) is 0. The zero-order valence-electron chi connectivity index (χ0n) is 11.5. The van der Waals surface area contributed by atoms with Crippen LogP contribution in [-0.2, 0) is 0 Å². The van der Waals surface area contributed by atoms with E-state index in [1.807, 2.05) is 30.3 Å². The molecule has 0 fully saturated rings. The highest BCUT2D eigenvalue weighted by Crippen LogP contribution is 2.12. The molecule has 1 heteroatoms. The highest BCUT2D eigenvalue weighted by atomic mass is 14.9. The Labute approximate surface area is 115 Å². The largest absolute Gasteiger partial charge is 0.300 e. The minimum atomic E-state index is 0.325. The van der Waals surface area contributed by atoms with Crippen LogP contribution in [0.1, 0.15) is 29.7 Å². The summed E-state index contributed by atoms with van der Waals surface area (Å²) in [6, 6.07) is 19.0. The summed E-state index contributed by atoms with van der Waals surface area (Å²) in [5.41, 5.74) is 3.65. The van der Waals surface area contributed by atoms with Gasteiger partial charge < -0.3 is 0 Å². The van der Waals surface area contributed by atoms with Crippen LogP contribution in [-0.4, -0.2) is 6.54 Å². The van der Waals surface area contributed by atoms with E-state index in [9.17, 15) is 0 Å². The van der Waals surface area contributed by atoms with Crippen molar-refractivity contribution in [1.29, 1.82) is 0 Å². The van der Waals surface area contributed by atoms with Crippen LogP contribution in [0.4, 0.5) is 0 Å². The number of hydrogen-bond acceptors (Lipinski definition) is 1. The summed E-state index contributed by atoms with van der Waals surface area (Å²) >= 11 is 0. The molecule has 0 aliphatic heterocycles. The fraction of sp³-hybridized carbons (Fsp3) is 0.222. The normalized spacial score (nSPS) is 11.5. The maximum absolute atomic E-state index is 3.41. The Kier molecular flexibility index (Phi) is 4.78. The third-order valence-electron chi connectivity index (χ3n) is 3.08. The van der Waals surface area contributed by atoms with Gasteiger partial charge in [0.05, 0.1) is 6.54 Å². The quantitative estimate of drug-likeness (QED) is 0.818. The van der Waals surface area contributed by atoms with Gasteiger partial charge in [0, 0.05) is 11.6 Å². The molecule has 0 heterocycles. The SMILES string of the molecule is Cc1ccc(C(C)NCC#Cc2ccccc2)cc1. The first-order chi connectivity index (χ1) is 9.25. The van der Waals surface area contributed by atoms with Gasteiger partial charge in [0.2, 0.25) is 0 Å². The zero-order chi connectivity index (χ0) is 13.5. The number of nitrogens with one attached hydrogen (secondary N) is 1. The Morgan fingerprint density at radius 1 is 1.00 bits per heavy atom. The second-order valence-electron chi connectivity index (χ2n) is 4.68. The Hall–Kier alpha value is -2.04. The van der Waals surface area contributed by atoms with E-state index in [0.717, 1.165) is 5.56 Å². The first-order valence-corrected chi connectivity index (χ1v) is 6.59. The van der Waals surface area contributed by atoms with E-state index in [2.05, 4.69) is 55.3 Å². The summed E-state index contributed by atoms with van der Waals surface area (Å²) in [4.78, 5) is 0. The minimum Gasteiger partial charge on any atom is -0.300 e. The maximum Gasteiger partial charge on any atom is 0.0584 e. The molecular weight excluding hydrogens is 230 g/mol. The smallest absolute Gasteiger partial charge is 0.0584 e. The lowest BCUT2D eigenvalue weighted by Gasteiger charge is -2.12. The molecule has 0 aliphatic carbocycles. The van der Waals surface area contributed by atoms with Gasteiger partial charge >= 0.3 is 0 Å². The van der Waals surface area contributed by atoms with Gasteiger partial charge in [0.1, 0.15) is 0 Å². The summed E-state index contributed by atoms with van der Waals surface area (Å²) < 4.78 is 0. The molecule has 1 atom stereocenters. The second-order valence-corrected chi connectivity index (χ2v) is 4.68. The second kappa shape index (κ2) is 6.78. The number of benzene rings is 2. The van der Waals surface area contributed by atoms with Crippen LogP contribution in [0, 0.1) is 18.8 Å². The Bertz CT molecular complexity index is 558. The van der Waals surface area contributed by atoms with Crippen molar-refractivity contribution in [2.24, 2.45) is 0 Å². The first-order valence-electron chi connectivity index (χ1n) is 6.59. The van der Waals surface area contributed by atoms with Crippen molar-refractivity contribution in [2.75, 3.05) is 6.54 Å². The Morgan fingerprint density at radius 2 is 1.68 bits per heavy atom. The van der Waals surface area contributed by atoms with Crippen molar-refractivity contribution in [3.8, 4) is 11.8 Å². The van der Waals surface area contributed by atoms with Gasteiger partial charge in [0.25, 0.3) is 0 Å². The van der Waals surface area contributed by atoms with Crippen molar-refractivity contribution in [2.45, 2.75) is 19.9 Å². The standard InChI is InChI=1S/C18H19N/c1-15-10-12-18(13-11-15)16(2)19-14-6-9-17-7-4-3-5-8-17/h3-5,7-8,10-13,16,19H,14H2,1-2H3. The van der Waals surface area contributed by atoms with Crippen LogP contribution in [0.3, 0.4) is 0 Å². The molecule has 19 heavy (non-hydrogen) atoms. The summed E-state index contributed by atoms with van der Waals surface area (Å²) in [6.45, 7) is 4.96. The van der Waals surface area contributed by atoms with Crippen LogP contribution < -0.4 is 5.32 Å². The molecule has 2 aromatic carbocycles. The molecule has 0 saturated heterocycles. The molecule has 0 radical (unpaired) electrons. The van der Waals surface area contributed by atoms with E-state index >= 15 is 0 Å². The average molecular weight is 249 g/mol. The zero-order valence-corrected chi connectivity index (χ0v) is 11.5. The molecule has 2 rings (SSSR count). The number of rotatable bonds is 3. The molecule has 0 spiro atoms. The molecule has 0 saturated carbocycles. The predicted octanol–water partition coefficient (Wildman–Crippen LogP) is 3.70. The van der Waals surface area contributed by atoms with Crippen molar-refractivity contribution in [3.63, 3.8) is 0 Å². The van der Waals surface area contributed by atoms with Crippen LogP contribution >= 0.6 is 0 Å². The van der Waals surface area contributed by atoms with E-state index in [4.69, 9.17) is 0 Å². The highest BCUT2D eigenvalue weighted by molar-refractivity contribution is 5.34. The third kappa shape index (κ3) is 4.28. The summed E-state index contributed by atoms with van der Waals surface area (Å²) in [7, 11) is 0. The lowest BCUT2D eigenvalue weighted by Crippen LogP contribution is -2.18. The molecule has 0 bridgehead atoms. The molecule has 96 valence electrons. The summed E-state index contributed by atoms with van der Waals surface area (Å²) in [5, 5.41) is 3.41. The lowest BCUT2D eigenvalue weighted by atomic mass is 10.1. The fourth-order valence-corrected chi connectivity index (χ4v) is 1.84. The van der Waals surface area contributed by atoms with Crippen molar-refractivity contribution < 1.29 is 0 Å². The Morgan fingerprint density at radius 3 is 2.37 bits per heavy atom. The monoisotopic (exact) mass is 249 g/mol. The van der Waals surface area contributed by atoms with Gasteiger partial charge in [-0.15, -0.1) is 0 Å². The highest BCUT2D eigenvalue weighted by Gasteiger charge is 2.02. The first kappa shape index (κ1) is 13.4. The van der Waals surface area contributed by atoms with Gasteiger partial charge in [-0.2, -0.15) is 0 Å². The molecule has 0 aliphatic rings. The molecule has 0 amide bonds. The molecule has 1 nitrogen and oxygen atoms in total. The lowest BCUT2D eigenvalue weighted by molar-refractivity contribution is 0.623. The van der Waals surface area contributed by atoms with Gasteiger partial charge in [0.15, 0.2) is 0 Å². The van der Waals surface area contributed by atoms with Gasteiger partial charge in [-0.25, -0.2) is 0 Å². The number of aryl methyl sites for hydroxylation is 1. The van der Waals surface area contributed by atoms with E-state index in [0.29, 0.717) is 12.6 Å². The molecule has 1 N–H and O–H groups in total. The molecule has 0 aromatic heterocycles. The van der Waals surface area contributed by atoms with Crippen LogP contribution in [0.25, 0.3) is 0 Å². The van der Waals surface area contributed by atoms with Crippen molar-refractivity contribution in [3.05, 3.63) is 71.3 Å². The third-order valence-corrected chi connectivity index (χ3v) is 3.08. The van der Waals surface area contributed by atoms with Crippen LogP contribution in [0.15, 0.2) is 54.6 Å². The van der Waals surface area contributed by atoms with E-state index in [1.165, 1.54) is 11.1 Å². The van der Waals surface area contributed by atoms with Gasteiger partial charge in [-0.3, -0.25) is 5.32 Å². The van der Waals surface area contributed by atoms with Crippen LogP contribution in [0.2, 0.25) is 0 Å². The predicted molar refractivity (Wildman–Crippen MR) is 80.9 cm³/mol.